The van der Waals surface area contributed by atoms with Crippen molar-refractivity contribution in [1.29, 1.82) is 0 Å². The molecule has 0 radical (unpaired) electrons. The lowest BCUT2D eigenvalue weighted by Crippen LogP contribution is -2.66. The Balaban J connectivity index is 2.40. The summed E-state index contributed by atoms with van der Waals surface area (Å²) >= 11 is 0. The van der Waals surface area contributed by atoms with E-state index in [1.54, 1.807) is 0 Å². The van der Waals surface area contributed by atoms with Gasteiger partial charge in [0.1, 0.15) is 0 Å². The van der Waals surface area contributed by atoms with Gasteiger partial charge in [-0.3, -0.25) is 0 Å². The second kappa shape index (κ2) is 12.2. The SMILES string of the molecule is C/C(=C\CO)C[C@@H](CCO[Si](c1ccccc1)(c1ccccc1)C(C)(C)C)O[Si](C)(C)C(C)(C)C. The van der Waals surface area contributed by atoms with Crippen molar-refractivity contribution in [1.82, 2.24) is 0 Å². The van der Waals surface area contributed by atoms with Crippen LogP contribution in [0, 0.1) is 0 Å². The Morgan fingerprint density at radius 3 is 1.74 bits per heavy atom. The minimum atomic E-state index is -2.57. The monoisotopic (exact) mass is 512 g/mol. The van der Waals surface area contributed by atoms with Gasteiger partial charge >= 0.3 is 0 Å². The number of rotatable bonds is 11. The largest absolute Gasteiger partial charge is 0.414 e. The molecule has 2 aromatic rings. The zero-order valence-electron chi connectivity index (χ0n) is 23.5. The van der Waals surface area contributed by atoms with Gasteiger partial charge in [-0.2, -0.15) is 0 Å². The van der Waals surface area contributed by atoms with Crippen LogP contribution in [0.4, 0.5) is 0 Å². The van der Waals surface area contributed by atoms with E-state index in [4.69, 9.17) is 8.85 Å². The number of hydrogen-bond acceptors (Lipinski definition) is 3. The molecule has 0 spiro atoms. The Morgan fingerprint density at radius 2 is 1.34 bits per heavy atom. The van der Waals surface area contributed by atoms with Crippen molar-refractivity contribution >= 4 is 27.0 Å². The highest BCUT2D eigenvalue weighted by molar-refractivity contribution is 6.99. The van der Waals surface area contributed by atoms with Gasteiger partial charge in [0.25, 0.3) is 8.32 Å². The summed E-state index contributed by atoms with van der Waals surface area (Å²) in [6, 6.07) is 21.6. The summed E-state index contributed by atoms with van der Waals surface area (Å²) in [5, 5.41) is 12.1. The molecule has 0 saturated carbocycles. The fourth-order valence-electron chi connectivity index (χ4n) is 4.50. The molecule has 0 fully saturated rings. The van der Waals surface area contributed by atoms with Gasteiger partial charge in [-0.15, -0.1) is 0 Å². The van der Waals surface area contributed by atoms with Gasteiger partial charge < -0.3 is 14.0 Å². The molecule has 2 rings (SSSR count). The third-order valence-electron chi connectivity index (χ3n) is 7.43. The molecule has 0 bridgehead atoms. The molecule has 194 valence electrons. The molecule has 0 aliphatic carbocycles. The van der Waals surface area contributed by atoms with Crippen LogP contribution in [-0.2, 0) is 8.85 Å². The Labute approximate surface area is 216 Å². The van der Waals surface area contributed by atoms with E-state index in [0.29, 0.717) is 6.61 Å². The van der Waals surface area contributed by atoms with Crippen LogP contribution in [0.5, 0.6) is 0 Å². The van der Waals surface area contributed by atoms with Crippen LogP contribution in [0.1, 0.15) is 61.3 Å². The molecule has 0 aromatic heterocycles. The van der Waals surface area contributed by atoms with E-state index in [1.165, 1.54) is 15.9 Å². The summed E-state index contributed by atoms with van der Waals surface area (Å²) in [7, 11) is -4.52. The lowest BCUT2D eigenvalue weighted by Gasteiger charge is -2.44. The molecule has 3 nitrogen and oxygen atoms in total. The molecule has 1 N–H and O–H groups in total. The normalized spacial score (nSPS) is 14.7. The third kappa shape index (κ3) is 7.49. The number of benzene rings is 2. The smallest absolute Gasteiger partial charge is 0.261 e. The highest BCUT2D eigenvalue weighted by Crippen LogP contribution is 2.39. The first-order valence-corrected chi connectivity index (χ1v) is 17.8. The van der Waals surface area contributed by atoms with Crippen LogP contribution in [0.15, 0.2) is 72.3 Å². The van der Waals surface area contributed by atoms with Gasteiger partial charge in [-0.05, 0) is 53.3 Å². The zero-order chi connectivity index (χ0) is 26.3. The molecule has 0 saturated heterocycles. The first-order chi connectivity index (χ1) is 16.2. The average molecular weight is 513 g/mol. The van der Waals surface area contributed by atoms with Crippen LogP contribution in [0.3, 0.4) is 0 Å². The Kier molecular flexibility index (Phi) is 10.3. The quantitative estimate of drug-likeness (QED) is 0.270. The van der Waals surface area contributed by atoms with Crippen LogP contribution >= 0.6 is 0 Å². The molecule has 0 unspecified atom stereocenters. The van der Waals surface area contributed by atoms with Gasteiger partial charge in [0.15, 0.2) is 8.32 Å². The molecule has 0 amide bonds. The Bertz CT molecular complexity index is 886. The standard InChI is InChI=1S/C30H48O3Si2/c1-25(20-22-31)24-26(33-34(8,9)29(2,3)4)21-23-32-35(30(5,6)7,27-16-12-10-13-17-27)28-18-14-11-15-19-28/h10-20,26,31H,21-24H2,1-9H3/b25-20+/t26-/m1/s1. The molecule has 0 aliphatic heterocycles. The van der Waals surface area contributed by atoms with Gasteiger partial charge in [0, 0.05) is 6.61 Å². The van der Waals surface area contributed by atoms with Crippen molar-refractivity contribution in [2.45, 2.75) is 90.6 Å². The van der Waals surface area contributed by atoms with Gasteiger partial charge in [-0.25, -0.2) is 0 Å². The van der Waals surface area contributed by atoms with Crippen molar-refractivity contribution in [3.05, 3.63) is 72.3 Å². The summed E-state index contributed by atoms with van der Waals surface area (Å²) in [5.74, 6) is 0. The molecular formula is C30H48O3Si2. The predicted octanol–water partition coefficient (Wildman–Crippen LogP) is 6.67. The van der Waals surface area contributed by atoms with Crippen molar-refractivity contribution in [2.75, 3.05) is 13.2 Å². The van der Waals surface area contributed by atoms with Crippen molar-refractivity contribution in [2.24, 2.45) is 0 Å². The van der Waals surface area contributed by atoms with Gasteiger partial charge in [0.2, 0.25) is 0 Å². The van der Waals surface area contributed by atoms with E-state index in [2.05, 4.69) is 122 Å². The molecule has 35 heavy (non-hydrogen) atoms. The molecular weight excluding hydrogens is 464 g/mol. The van der Waals surface area contributed by atoms with E-state index in [-0.39, 0.29) is 22.8 Å². The highest BCUT2D eigenvalue weighted by Gasteiger charge is 2.50. The van der Waals surface area contributed by atoms with E-state index in [1.807, 2.05) is 6.08 Å². The summed E-state index contributed by atoms with van der Waals surface area (Å²) in [4.78, 5) is 0. The van der Waals surface area contributed by atoms with Crippen LogP contribution in [-0.4, -0.2) is 41.1 Å². The summed E-state index contributed by atoms with van der Waals surface area (Å²) in [6.45, 7) is 21.2. The topological polar surface area (TPSA) is 38.7 Å². The van der Waals surface area contributed by atoms with Gasteiger partial charge in [0.05, 0.1) is 12.7 Å². The zero-order valence-corrected chi connectivity index (χ0v) is 25.5. The maximum atomic E-state index is 9.41. The lowest BCUT2D eigenvalue weighted by molar-refractivity contribution is 0.142. The fourth-order valence-corrected chi connectivity index (χ4v) is 10.5. The maximum absolute atomic E-state index is 9.41. The van der Waals surface area contributed by atoms with E-state index < -0.39 is 16.6 Å². The molecule has 2 aromatic carbocycles. The van der Waals surface area contributed by atoms with Crippen molar-refractivity contribution in [3.63, 3.8) is 0 Å². The van der Waals surface area contributed by atoms with Gasteiger partial charge in [-0.1, -0.05) is 114 Å². The van der Waals surface area contributed by atoms with Crippen LogP contribution < -0.4 is 10.4 Å². The number of aliphatic hydroxyl groups excluding tert-OH is 1. The van der Waals surface area contributed by atoms with E-state index >= 15 is 0 Å². The second-order valence-electron chi connectivity index (χ2n) is 12.2. The lowest BCUT2D eigenvalue weighted by atomic mass is 10.1. The summed E-state index contributed by atoms with van der Waals surface area (Å²) in [6.07, 6.45) is 3.60. The maximum Gasteiger partial charge on any atom is 0.261 e. The minimum absolute atomic E-state index is 0.0435. The van der Waals surface area contributed by atoms with Crippen LogP contribution in [0.25, 0.3) is 0 Å². The first-order valence-electron chi connectivity index (χ1n) is 12.9. The summed E-state index contributed by atoms with van der Waals surface area (Å²) < 4.78 is 14.0. The number of aliphatic hydroxyl groups is 1. The van der Waals surface area contributed by atoms with Crippen molar-refractivity contribution in [3.8, 4) is 0 Å². The third-order valence-corrected chi connectivity index (χ3v) is 17.0. The van der Waals surface area contributed by atoms with E-state index in [9.17, 15) is 5.11 Å². The van der Waals surface area contributed by atoms with Crippen molar-refractivity contribution < 1.29 is 14.0 Å². The summed E-state index contributed by atoms with van der Waals surface area (Å²) in [5.41, 5.74) is 1.17. The van der Waals surface area contributed by atoms with Crippen LogP contribution in [0.2, 0.25) is 23.2 Å². The molecule has 1 atom stereocenters. The second-order valence-corrected chi connectivity index (χ2v) is 21.3. The molecule has 0 heterocycles. The predicted molar refractivity (Wildman–Crippen MR) is 156 cm³/mol. The number of hydrogen-bond donors (Lipinski definition) is 1. The average Bonchev–Trinajstić information content (AvgIpc) is 2.76. The first kappa shape index (κ1) is 29.7. The molecule has 5 heteroatoms. The Morgan fingerprint density at radius 1 is 0.857 bits per heavy atom. The highest BCUT2D eigenvalue weighted by atomic mass is 28.4. The fraction of sp³-hybridized carbons (Fsp3) is 0.533. The minimum Gasteiger partial charge on any atom is -0.414 e. The van der Waals surface area contributed by atoms with E-state index in [0.717, 1.165) is 12.8 Å². The Hall–Kier alpha value is -1.51. The molecule has 0 aliphatic rings.